The van der Waals surface area contributed by atoms with E-state index in [-0.39, 0.29) is 6.54 Å². The van der Waals surface area contributed by atoms with Crippen molar-refractivity contribution in [3.8, 4) is 0 Å². The highest BCUT2D eigenvalue weighted by atomic mass is 19.4. The van der Waals surface area contributed by atoms with Gasteiger partial charge in [0.25, 0.3) is 0 Å². The van der Waals surface area contributed by atoms with Gasteiger partial charge in [-0.3, -0.25) is 9.78 Å². The fourth-order valence-electron chi connectivity index (χ4n) is 2.28. The summed E-state index contributed by atoms with van der Waals surface area (Å²) >= 11 is 0. The Morgan fingerprint density at radius 3 is 2.68 bits per heavy atom. The summed E-state index contributed by atoms with van der Waals surface area (Å²) in [6, 6.07) is 3.23. The van der Waals surface area contributed by atoms with Crippen molar-refractivity contribution < 1.29 is 23.1 Å². The number of aromatic nitrogens is 1. The van der Waals surface area contributed by atoms with E-state index in [9.17, 15) is 18.0 Å². The molecule has 2 heterocycles. The van der Waals surface area contributed by atoms with E-state index in [0.29, 0.717) is 11.4 Å². The molecular weight excluding hydrogens is 261 g/mol. The Balaban J connectivity index is 2.30. The van der Waals surface area contributed by atoms with Crippen LogP contribution in [0.2, 0.25) is 0 Å². The first-order valence-corrected chi connectivity index (χ1v) is 5.74. The summed E-state index contributed by atoms with van der Waals surface area (Å²) in [6.07, 6.45) is -3.69. The van der Waals surface area contributed by atoms with E-state index in [1.165, 1.54) is 11.1 Å². The third-order valence-electron chi connectivity index (χ3n) is 3.47. The molecular formula is C12H13F3N2O2. The lowest BCUT2D eigenvalue weighted by atomic mass is 9.86. The zero-order valence-corrected chi connectivity index (χ0v) is 10.2. The molecule has 1 fully saturated rings. The van der Waals surface area contributed by atoms with Gasteiger partial charge in [0, 0.05) is 30.7 Å². The van der Waals surface area contributed by atoms with Crippen LogP contribution in [0.5, 0.6) is 0 Å². The first-order chi connectivity index (χ1) is 8.76. The van der Waals surface area contributed by atoms with E-state index in [0.717, 1.165) is 0 Å². The van der Waals surface area contributed by atoms with Gasteiger partial charge in [-0.2, -0.15) is 13.2 Å². The average molecular weight is 274 g/mol. The molecule has 1 saturated heterocycles. The average Bonchev–Trinajstić information content (AvgIpc) is 2.74. The minimum Gasteiger partial charge on any atom is -0.481 e. The number of carboxylic acid groups (broad SMARTS) is 1. The van der Waals surface area contributed by atoms with Gasteiger partial charge in [0.05, 0.1) is 0 Å². The number of aliphatic carboxylic acids is 1. The van der Waals surface area contributed by atoms with Gasteiger partial charge < -0.3 is 10.0 Å². The summed E-state index contributed by atoms with van der Waals surface area (Å²) in [7, 11) is 0. The van der Waals surface area contributed by atoms with Crippen LogP contribution in [0.3, 0.4) is 0 Å². The Morgan fingerprint density at radius 1 is 1.53 bits per heavy atom. The standard InChI is InChI=1S/C12H13F3N2O2/c1-8-6-9(2-4-16-8)17-5-3-11(7-17,10(18)19)12(13,14)15/h2,4,6H,3,5,7H2,1H3,(H,18,19). The van der Waals surface area contributed by atoms with Crippen molar-refractivity contribution in [3.05, 3.63) is 24.0 Å². The van der Waals surface area contributed by atoms with Crippen LogP contribution in [0.25, 0.3) is 0 Å². The molecule has 1 aromatic heterocycles. The van der Waals surface area contributed by atoms with Crippen molar-refractivity contribution in [1.82, 2.24) is 4.98 Å². The van der Waals surface area contributed by atoms with Gasteiger partial charge in [-0.05, 0) is 25.5 Å². The van der Waals surface area contributed by atoms with Crippen LogP contribution in [0.4, 0.5) is 18.9 Å². The Bertz CT molecular complexity index is 504. The summed E-state index contributed by atoms with van der Waals surface area (Å²) in [5.74, 6) is -1.81. The second-order valence-corrected chi connectivity index (χ2v) is 4.71. The molecule has 1 atom stereocenters. The van der Waals surface area contributed by atoms with Crippen LogP contribution in [-0.4, -0.2) is 35.3 Å². The molecule has 19 heavy (non-hydrogen) atoms. The van der Waals surface area contributed by atoms with E-state index in [1.807, 2.05) is 0 Å². The highest BCUT2D eigenvalue weighted by Crippen LogP contribution is 2.46. The van der Waals surface area contributed by atoms with Crippen LogP contribution in [-0.2, 0) is 4.79 Å². The molecule has 1 aliphatic heterocycles. The molecule has 104 valence electrons. The number of aryl methyl sites for hydroxylation is 1. The van der Waals surface area contributed by atoms with Crippen LogP contribution in [0.1, 0.15) is 12.1 Å². The van der Waals surface area contributed by atoms with Crippen LogP contribution in [0, 0.1) is 12.3 Å². The summed E-state index contributed by atoms with van der Waals surface area (Å²) in [6.45, 7) is 1.23. The van der Waals surface area contributed by atoms with Crippen molar-refractivity contribution in [2.24, 2.45) is 5.41 Å². The summed E-state index contributed by atoms with van der Waals surface area (Å²) in [5.41, 5.74) is -1.43. The van der Waals surface area contributed by atoms with Gasteiger partial charge >= 0.3 is 12.1 Å². The lowest BCUT2D eigenvalue weighted by molar-refractivity contribution is -0.225. The van der Waals surface area contributed by atoms with Crippen molar-refractivity contribution in [3.63, 3.8) is 0 Å². The molecule has 4 nitrogen and oxygen atoms in total. The maximum absolute atomic E-state index is 13.0. The maximum Gasteiger partial charge on any atom is 0.406 e. The fraction of sp³-hybridized carbons (Fsp3) is 0.500. The normalized spacial score (nSPS) is 23.7. The topological polar surface area (TPSA) is 53.4 Å². The smallest absolute Gasteiger partial charge is 0.406 e. The number of halogens is 3. The highest BCUT2D eigenvalue weighted by molar-refractivity contribution is 5.78. The molecule has 0 saturated carbocycles. The van der Waals surface area contributed by atoms with E-state index < -0.39 is 30.5 Å². The van der Waals surface area contributed by atoms with Crippen LogP contribution in [0.15, 0.2) is 18.3 Å². The van der Waals surface area contributed by atoms with Gasteiger partial charge in [-0.1, -0.05) is 0 Å². The van der Waals surface area contributed by atoms with E-state index in [2.05, 4.69) is 4.98 Å². The predicted octanol–water partition coefficient (Wildman–Crippen LogP) is 2.23. The second kappa shape index (κ2) is 4.40. The predicted molar refractivity (Wildman–Crippen MR) is 61.9 cm³/mol. The molecule has 1 unspecified atom stereocenters. The molecule has 0 bridgehead atoms. The van der Waals surface area contributed by atoms with Gasteiger partial charge in [0.1, 0.15) is 0 Å². The minimum atomic E-state index is -4.75. The van der Waals surface area contributed by atoms with E-state index >= 15 is 0 Å². The number of rotatable bonds is 2. The Labute approximate surface area is 107 Å². The summed E-state index contributed by atoms with van der Waals surface area (Å²) < 4.78 is 39.0. The van der Waals surface area contributed by atoms with Gasteiger partial charge in [0.2, 0.25) is 0 Å². The van der Waals surface area contributed by atoms with Crippen molar-refractivity contribution in [2.75, 3.05) is 18.0 Å². The highest BCUT2D eigenvalue weighted by Gasteiger charge is 2.63. The lowest BCUT2D eigenvalue weighted by Crippen LogP contribution is -2.47. The number of nitrogens with zero attached hydrogens (tertiary/aromatic N) is 2. The van der Waals surface area contributed by atoms with Crippen LogP contribution < -0.4 is 4.90 Å². The zero-order chi connectivity index (χ0) is 14.3. The largest absolute Gasteiger partial charge is 0.481 e. The molecule has 1 aliphatic rings. The first-order valence-electron chi connectivity index (χ1n) is 5.74. The minimum absolute atomic E-state index is 0.0647. The number of hydrogen-bond acceptors (Lipinski definition) is 3. The Morgan fingerprint density at radius 2 is 2.21 bits per heavy atom. The van der Waals surface area contributed by atoms with Crippen molar-refractivity contribution in [2.45, 2.75) is 19.5 Å². The van der Waals surface area contributed by atoms with Gasteiger partial charge in [-0.25, -0.2) is 0 Å². The number of carbonyl (C=O) groups is 1. The van der Waals surface area contributed by atoms with Crippen LogP contribution >= 0.6 is 0 Å². The SMILES string of the molecule is Cc1cc(N2CCC(C(=O)O)(C(F)(F)F)C2)ccn1. The van der Waals surface area contributed by atoms with E-state index in [4.69, 9.17) is 5.11 Å². The number of anilines is 1. The molecule has 1 N–H and O–H groups in total. The first kappa shape index (κ1) is 13.6. The van der Waals surface area contributed by atoms with Gasteiger partial charge in [-0.15, -0.1) is 0 Å². The molecule has 0 radical (unpaired) electrons. The summed E-state index contributed by atoms with van der Waals surface area (Å²) in [5, 5.41) is 8.96. The monoisotopic (exact) mass is 274 g/mol. The molecule has 0 aromatic carbocycles. The molecule has 7 heteroatoms. The molecule has 0 aliphatic carbocycles. The molecule has 0 spiro atoms. The molecule has 0 amide bonds. The lowest BCUT2D eigenvalue weighted by Gasteiger charge is -2.27. The number of carboxylic acids is 1. The number of alkyl halides is 3. The third-order valence-corrected chi connectivity index (χ3v) is 3.47. The van der Waals surface area contributed by atoms with Gasteiger partial charge in [0.15, 0.2) is 5.41 Å². The zero-order valence-electron chi connectivity index (χ0n) is 10.2. The third kappa shape index (κ3) is 2.24. The Kier molecular flexibility index (Phi) is 3.15. The molecule has 2 rings (SSSR count). The summed E-state index contributed by atoms with van der Waals surface area (Å²) in [4.78, 5) is 16.5. The molecule has 1 aromatic rings. The van der Waals surface area contributed by atoms with Crippen molar-refractivity contribution >= 4 is 11.7 Å². The quantitative estimate of drug-likeness (QED) is 0.898. The van der Waals surface area contributed by atoms with Crippen molar-refractivity contribution in [1.29, 1.82) is 0 Å². The number of pyridine rings is 1. The number of hydrogen-bond donors (Lipinski definition) is 1. The maximum atomic E-state index is 13.0. The second-order valence-electron chi connectivity index (χ2n) is 4.71. The fourth-order valence-corrected chi connectivity index (χ4v) is 2.28. The Hall–Kier alpha value is -1.79. The van der Waals surface area contributed by atoms with E-state index in [1.54, 1.807) is 19.1 Å².